The third kappa shape index (κ3) is 3.42. The molecule has 114 valence electrons. The Morgan fingerprint density at radius 2 is 1.85 bits per heavy atom. The summed E-state index contributed by atoms with van der Waals surface area (Å²) in [5.41, 5.74) is 0. The Bertz CT molecular complexity index is 361. The molecule has 6 heteroatoms. The first kappa shape index (κ1) is 15.1. The number of rotatable bonds is 4. The van der Waals surface area contributed by atoms with E-state index in [0.29, 0.717) is 19.1 Å². The predicted molar refractivity (Wildman–Crippen MR) is 75.6 cm³/mol. The van der Waals surface area contributed by atoms with E-state index in [1.165, 1.54) is 0 Å². The van der Waals surface area contributed by atoms with Gasteiger partial charge >= 0.3 is 12.0 Å². The van der Waals surface area contributed by atoms with E-state index < -0.39 is 5.97 Å². The van der Waals surface area contributed by atoms with Gasteiger partial charge in [0.15, 0.2) is 0 Å². The lowest BCUT2D eigenvalue weighted by Crippen LogP contribution is -2.57. The second-order valence-corrected chi connectivity index (χ2v) is 5.93. The average Bonchev–Trinajstić information content (AvgIpc) is 2.40. The van der Waals surface area contributed by atoms with Crippen molar-refractivity contribution in [3.8, 4) is 0 Å². The fourth-order valence-electron chi connectivity index (χ4n) is 3.10. The van der Waals surface area contributed by atoms with Crippen LogP contribution in [0.5, 0.6) is 0 Å². The van der Waals surface area contributed by atoms with Gasteiger partial charge in [0.25, 0.3) is 0 Å². The number of piperidine rings is 1. The largest absolute Gasteiger partial charge is 0.481 e. The minimum absolute atomic E-state index is 0.0570. The maximum atomic E-state index is 12.3. The zero-order valence-electron chi connectivity index (χ0n) is 12.4. The molecule has 0 aliphatic carbocycles. The van der Waals surface area contributed by atoms with Crippen LogP contribution in [-0.2, 0) is 4.79 Å². The number of carboxylic acid groups (broad SMARTS) is 1. The van der Waals surface area contributed by atoms with E-state index in [1.807, 2.05) is 11.9 Å². The van der Waals surface area contributed by atoms with Crippen molar-refractivity contribution in [2.75, 3.05) is 39.8 Å². The van der Waals surface area contributed by atoms with Crippen molar-refractivity contribution >= 4 is 12.0 Å². The number of hydrogen-bond acceptors (Lipinski definition) is 3. The summed E-state index contributed by atoms with van der Waals surface area (Å²) in [7, 11) is 1.87. The number of carboxylic acids is 1. The van der Waals surface area contributed by atoms with Gasteiger partial charge in [-0.2, -0.15) is 0 Å². The Balaban J connectivity index is 1.75. The summed E-state index contributed by atoms with van der Waals surface area (Å²) in [6, 6.07) is 0.380. The average molecular weight is 283 g/mol. The van der Waals surface area contributed by atoms with Crippen LogP contribution in [0.25, 0.3) is 0 Å². The molecule has 2 fully saturated rings. The molecule has 0 aromatic heterocycles. The summed E-state index contributed by atoms with van der Waals surface area (Å²) in [6.07, 6.45) is 2.23. The van der Waals surface area contributed by atoms with Gasteiger partial charge in [-0.1, -0.05) is 6.92 Å². The monoisotopic (exact) mass is 283 g/mol. The minimum atomic E-state index is -0.776. The number of likely N-dealkylation sites (tertiary alicyclic amines) is 2. The topological polar surface area (TPSA) is 64.1 Å². The Morgan fingerprint density at radius 3 is 2.35 bits per heavy atom. The van der Waals surface area contributed by atoms with Crippen LogP contribution in [0.3, 0.4) is 0 Å². The molecule has 6 nitrogen and oxygen atoms in total. The summed E-state index contributed by atoms with van der Waals surface area (Å²) < 4.78 is 0. The van der Waals surface area contributed by atoms with Gasteiger partial charge in [-0.3, -0.25) is 4.79 Å². The molecule has 2 heterocycles. The summed E-state index contributed by atoms with van der Waals surface area (Å²) >= 11 is 0. The minimum Gasteiger partial charge on any atom is -0.481 e. The molecule has 2 saturated heterocycles. The molecule has 0 atom stereocenters. The number of hydrogen-bond donors (Lipinski definition) is 1. The molecule has 2 rings (SSSR count). The number of carbonyl (C=O) groups is 2. The summed E-state index contributed by atoms with van der Waals surface area (Å²) in [5, 5.41) is 8.72. The highest BCUT2D eigenvalue weighted by molar-refractivity contribution is 5.76. The van der Waals surface area contributed by atoms with Crippen LogP contribution >= 0.6 is 0 Å². The van der Waals surface area contributed by atoms with Crippen molar-refractivity contribution in [2.24, 2.45) is 5.92 Å². The zero-order valence-corrected chi connectivity index (χ0v) is 12.4. The van der Waals surface area contributed by atoms with Crippen molar-refractivity contribution in [3.05, 3.63) is 0 Å². The molecule has 2 amide bonds. The van der Waals surface area contributed by atoms with Crippen LogP contribution in [0.4, 0.5) is 4.79 Å². The Labute approximate surface area is 120 Å². The third-order valence-electron chi connectivity index (χ3n) is 4.54. The fraction of sp³-hybridized carbons (Fsp3) is 0.857. The Kier molecular flexibility index (Phi) is 4.86. The van der Waals surface area contributed by atoms with Gasteiger partial charge in [0.05, 0.1) is 6.42 Å². The molecule has 0 saturated carbocycles. The first-order chi connectivity index (χ1) is 9.51. The number of carbonyl (C=O) groups excluding carboxylic acids is 1. The SMILES string of the molecule is CCN1CCC(N(C)C(=O)N2CC(CC(=O)O)C2)CC1. The van der Waals surface area contributed by atoms with Crippen LogP contribution in [0.15, 0.2) is 0 Å². The van der Waals surface area contributed by atoms with Gasteiger partial charge in [-0.05, 0) is 19.4 Å². The van der Waals surface area contributed by atoms with Crippen molar-refractivity contribution in [3.63, 3.8) is 0 Å². The van der Waals surface area contributed by atoms with E-state index in [9.17, 15) is 9.59 Å². The van der Waals surface area contributed by atoms with Crippen LogP contribution in [0.2, 0.25) is 0 Å². The zero-order chi connectivity index (χ0) is 14.7. The van der Waals surface area contributed by atoms with Gasteiger partial charge in [0, 0.05) is 45.2 Å². The molecule has 0 bridgehead atoms. The molecule has 2 aliphatic heterocycles. The molecule has 0 radical (unpaired) electrons. The highest BCUT2D eigenvalue weighted by Crippen LogP contribution is 2.23. The van der Waals surface area contributed by atoms with Gasteiger partial charge < -0.3 is 19.8 Å². The molecule has 2 aliphatic rings. The van der Waals surface area contributed by atoms with Crippen molar-refractivity contribution in [2.45, 2.75) is 32.2 Å². The van der Waals surface area contributed by atoms with Gasteiger partial charge in [0.1, 0.15) is 0 Å². The maximum Gasteiger partial charge on any atom is 0.320 e. The molecule has 1 N–H and O–H groups in total. The molecule has 0 spiro atoms. The summed E-state index contributed by atoms with van der Waals surface area (Å²) in [5.74, 6) is -0.644. The third-order valence-corrected chi connectivity index (χ3v) is 4.54. The smallest absolute Gasteiger partial charge is 0.320 e. The van der Waals surface area contributed by atoms with Crippen molar-refractivity contribution < 1.29 is 14.7 Å². The quantitative estimate of drug-likeness (QED) is 0.833. The molecule has 0 unspecified atom stereocenters. The van der Waals surface area contributed by atoms with E-state index in [-0.39, 0.29) is 18.4 Å². The molecular formula is C14H25N3O3. The molecule has 20 heavy (non-hydrogen) atoms. The Morgan fingerprint density at radius 1 is 1.25 bits per heavy atom. The molecule has 0 aromatic rings. The lowest BCUT2D eigenvalue weighted by Gasteiger charge is -2.44. The number of urea groups is 1. The normalized spacial score (nSPS) is 21.6. The molecule has 0 aromatic carbocycles. The number of nitrogens with zero attached hydrogens (tertiary/aromatic N) is 3. The van der Waals surface area contributed by atoms with Crippen molar-refractivity contribution in [1.29, 1.82) is 0 Å². The summed E-state index contributed by atoms with van der Waals surface area (Å²) in [6.45, 7) is 6.53. The van der Waals surface area contributed by atoms with E-state index >= 15 is 0 Å². The van der Waals surface area contributed by atoms with E-state index in [0.717, 1.165) is 32.5 Å². The maximum absolute atomic E-state index is 12.3. The van der Waals surface area contributed by atoms with Crippen LogP contribution in [0, 0.1) is 5.92 Å². The highest BCUT2D eigenvalue weighted by atomic mass is 16.4. The number of aliphatic carboxylic acids is 1. The van der Waals surface area contributed by atoms with Gasteiger partial charge in [-0.15, -0.1) is 0 Å². The van der Waals surface area contributed by atoms with E-state index in [2.05, 4.69) is 11.8 Å². The molecular weight excluding hydrogens is 258 g/mol. The first-order valence-corrected chi connectivity index (χ1v) is 7.47. The van der Waals surface area contributed by atoms with E-state index in [1.54, 1.807) is 4.90 Å². The fourth-order valence-corrected chi connectivity index (χ4v) is 3.10. The standard InChI is InChI=1S/C14H25N3O3/c1-3-16-6-4-12(5-7-16)15(2)14(20)17-9-11(10-17)8-13(18)19/h11-12H,3-10H2,1-2H3,(H,18,19). The van der Waals surface area contributed by atoms with Crippen molar-refractivity contribution in [1.82, 2.24) is 14.7 Å². The van der Waals surface area contributed by atoms with Crippen LogP contribution < -0.4 is 0 Å². The Hall–Kier alpha value is -1.30. The summed E-state index contributed by atoms with van der Waals surface area (Å²) in [4.78, 5) is 28.9. The van der Waals surface area contributed by atoms with Crippen LogP contribution in [-0.4, -0.2) is 77.6 Å². The van der Waals surface area contributed by atoms with Crippen LogP contribution in [0.1, 0.15) is 26.2 Å². The lowest BCUT2D eigenvalue weighted by atomic mass is 9.96. The first-order valence-electron chi connectivity index (χ1n) is 7.47. The van der Waals surface area contributed by atoms with Gasteiger partial charge in [0.2, 0.25) is 0 Å². The lowest BCUT2D eigenvalue weighted by molar-refractivity contribution is -0.139. The van der Waals surface area contributed by atoms with Gasteiger partial charge in [-0.25, -0.2) is 4.79 Å². The predicted octanol–water partition coefficient (Wildman–Crippen LogP) is 0.929. The van der Waals surface area contributed by atoms with E-state index in [4.69, 9.17) is 5.11 Å². The number of amides is 2. The second-order valence-electron chi connectivity index (χ2n) is 5.93. The highest BCUT2D eigenvalue weighted by Gasteiger charge is 2.35. The second kappa shape index (κ2) is 6.43.